The van der Waals surface area contributed by atoms with E-state index in [2.05, 4.69) is 13.0 Å². The minimum Gasteiger partial charge on any atom is -0.457 e. The molecule has 0 unspecified atom stereocenters. The van der Waals surface area contributed by atoms with Gasteiger partial charge in [-0.15, -0.1) is 0 Å². The lowest BCUT2D eigenvalue weighted by atomic mass is 9.97. The van der Waals surface area contributed by atoms with Gasteiger partial charge >= 0.3 is 5.97 Å². The molecule has 1 heterocycles. The first-order valence-electron chi connectivity index (χ1n) is 4.52. The fourth-order valence-electron chi connectivity index (χ4n) is 1.80. The van der Waals surface area contributed by atoms with Gasteiger partial charge in [0.15, 0.2) is 0 Å². The maximum Gasteiger partial charge on any atom is 0.339 e. The van der Waals surface area contributed by atoms with Gasteiger partial charge in [-0.1, -0.05) is 19.1 Å². The molecule has 13 heavy (non-hydrogen) atoms. The molecule has 0 spiro atoms. The molecular formula is C11H12O2. The van der Waals surface area contributed by atoms with Crippen LogP contribution in [-0.4, -0.2) is 5.97 Å². The summed E-state index contributed by atoms with van der Waals surface area (Å²) in [6, 6.07) is 4.07. The Hall–Kier alpha value is -1.31. The summed E-state index contributed by atoms with van der Waals surface area (Å²) in [6.07, 6.45) is 0.958. The summed E-state index contributed by atoms with van der Waals surface area (Å²) in [6.45, 7) is 4.50. The van der Waals surface area contributed by atoms with E-state index in [1.807, 2.05) is 13.0 Å². The third-order valence-corrected chi connectivity index (χ3v) is 2.55. The van der Waals surface area contributed by atoms with Gasteiger partial charge in [0.05, 0.1) is 5.56 Å². The molecule has 1 aromatic rings. The molecule has 0 saturated heterocycles. The van der Waals surface area contributed by atoms with Gasteiger partial charge in [-0.3, -0.25) is 0 Å². The van der Waals surface area contributed by atoms with Crippen molar-refractivity contribution in [2.75, 3.05) is 0 Å². The molecule has 0 aromatic heterocycles. The van der Waals surface area contributed by atoms with Crippen LogP contribution in [-0.2, 0) is 17.8 Å². The summed E-state index contributed by atoms with van der Waals surface area (Å²) in [4.78, 5) is 11.3. The van der Waals surface area contributed by atoms with Crippen LogP contribution in [0.1, 0.15) is 34.0 Å². The fraction of sp³-hybridized carbons (Fsp3) is 0.364. The average molecular weight is 176 g/mol. The summed E-state index contributed by atoms with van der Waals surface area (Å²) in [5, 5.41) is 0. The number of ether oxygens (including phenoxy) is 1. The number of carbonyl (C=O) groups excluding carboxylic acids is 1. The summed E-state index contributed by atoms with van der Waals surface area (Å²) in [5.74, 6) is -0.164. The molecule has 1 aliphatic heterocycles. The maximum atomic E-state index is 11.3. The van der Waals surface area contributed by atoms with Crippen LogP contribution >= 0.6 is 0 Å². The summed E-state index contributed by atoms with van der Waals surface area (Å²) in [5.41, 5.74) is 4.13. The number of hydrogen-bond acceptors (Lipinski definition) is 2. The van der Waals surface area contributed by atoms with Crippen LogP contribution in [0, 0.1) is 6.92 Å². The molecule has 1 aromatic carbocycles. The highest BCUT2D eigenvalue weighted by Gasteiger charge is 2.24. The van der Waals surface area contributed by atoms with E-state index in [1.54, 1.807) is 0 Å². The van der Waals surface area contributed by atoms with E-state index in [0.717, 1.165) is 23.1 Å². The zero-order valence-electron chi connectivity index (χ0n) is 7.89. The van der Waals surface area contributed by atoms with Crippen molar-refractivity contribution in [3.05, 3.63) is 34.4 Å². The van der Waals surface area contributed by atoms with E-state index >= 15 is 0 Å². The zero-order chi connectivity index (χ0) is 9.42. The van der Waals surface area contributed by atoms with E-state index in [-0.39, 0.29) is 5.97 Å². The van der Waals surface area contributed by atoms with Crippen molar-refractivity contribution in [3.8, 4) is 0 Å². The van der Waals surface area contributed by atoms with E-state index in [0.29, 0.717) is 6.61 Å². The minimum absolute atomic E-state index is 0.164. The van der Waals surface area contributed by atoms with Crippen molar-refractivity contribution in [1.82, 2.24) is 0 Å². The lowest BCUT2D eigenvalue weighted by Gasteiger charge is -2.04. The lowest BCUT2D eigenvalue weighted by Crippen LogP contribution is -1.98. The second-order valence-corrected chi connectivity index (χ2v) is 3.32. The van der Waals surface area contributed by atoms with Gasteiger partial charge in [0, 0.05) is 5.56 Å². The number of esters is 1. The standard InChI is InChI=1S/C11H12O2/c1-3-8-5-4-7(2)10-9(8)6-13-11(10)12/h4-5H,3,6H2,1-2H3. The highest BCUT2D eigenvalue weighted by Crippen LogP contribution is 2.26. The first-order chi connectivity index (χ1) is 6.24. The van der Waals surface area contributed by atoms with Crippen LogP contribution in [0.2, 0.25) is 0 Å². The van der Waals surface area contributed by atoms with E-state index in [9.17, 15) is 4.79 Å². The Morgan fingerprint density at radius 3 is 2.92 bits per heavy atom. The highest BCUT2D eigenvalue weighted by molar-refractivity contribution is 5.95. The second-order valence-electron chi connectivity index (χ2n) is 3.32. The molecule has 68 valence electrons. The first-order valence-corrected chi connectivity index (χ1v) is 4.52. The summed E-state index contributed by atoms with van der Waals surface area (Å²) >= 11 is 0. The molecule has 0 aliphatic carbocycles. The van der Waals surface area contributed by atoms with Crippen molar-refractivity contribution in [3.63, 3.8) is 0 Å². The third-order valence-electron chi connectivity index (χ3n) is 2.55. The second kappa shape index (κ2) is 2.87. The molecule has 0 atom stereocenters. The quantitative estimate of drug-likeness (QED) is 0.613. The van der Waals surface area contributed by atoms with Crippen molar-refractivity contribution in [1.29, 1.82) is 0 Å². The van der Waals surface area contributed by atoms with Gasteiger partial charge in [0.25, 0.3) is 0 Å². The van der Waals surface area contributed by atoms with Gasteiger partial charge in [-0.2, -0.15) is 0 Å². The average Bonchev–Trinajstić information content (AvgIpc) is 2.50. The maximum absolute atomic E-state index is 11.3. The van der Waals surface area contributed by atoms with Crippen molar-refractivity contribution in [2.45, 2.75) is 26.9 Å². The number of cyclic esters (lactones) is 1. The molecule has 0 N–H and O–H groups in total. The van der Waals surface area contributed by atoms with Crippen LogP contribution in [0.3, 0.4) is 0 Å². The topological polar surface area (TPSA) is 26.3 Å². The number of hydrogen-bond donors (Lipinski definition) is 0. The highest BCUT2D eigenvalue weighted by atomic mass is 16.5. The Bertz CT molecular complexity index is 367. The molecule has 0 amide bonds. The number of aryl methyl sites for hydroxylation is 2. The van der Waals surface area contributed by atoms with Gasteiger partial charge in [-0.25, -0.2) is 4.79 Å². The molecule has 1 aliphatic rings. The van der Waals surface area contributed by atoms with Gasteiger partial charge in [0.1, 0.15) is 6.61 Å². The number of carbonyl (C=O) groups is 1. The molecule has 0 bridgehead atoms. The predicted octanol–water partition coefficient (Wildman–Crippen LogP) is 2.23. The molecule has 0 saturated carbocycles. The van der Waals surface area contributed by atoms with Crippen LogP contribution in [0.15, 0.2) is 12.1 Å². The zero-order valence-corrected chi connectivity index (χ0v) is 7.89. The largest absolute Gasteiger partial charge is 0.457 e. The summed E-state index contributed by atoms with van der Waals surface area (Å²) < 4.78 is 5.01. The van der Waals surface area contributed by atoms with Gasteiger partial charge in [0.2, 0.25) is 0 Å². The monoisotopic (exact) mass is 176 g/mol. The smallest absolute Gasteiger partial charge is 0.339 e. The first kappa shape index (κ1) is 8.30. The molecular weight excluding hydrogens is 164 g/mol. The number of benzene rings is 1. The predicted molar refractivity (Wildman–Crippen MR) is 49.7 cm³/mol. The molecule has 0 fully saturated rings. The van der Waals surface area contributed by atoms with E-state index in [1.165, 1.54) is 5.56 Å². The molecule has 2 nitrogen and oxygen atoms in total. The van der Waals surface area contributed by atoms with Crippen molar-refractivity contribution in [2.24, 2.45) is 0 Å². The molecule has 0 radical (unpaired) electrons. The van der Waals surface area contributed by atoms with Crippen LogP contribution < -0.4 is 0 Å². The van der Waals surface area contributed by atoms with Crippen molar-refractivity contribution >= 4 is 5.97 Å². The molecule has 2 heteroatoms. The van der Waals surface area contributed by atoms with Crippen molar-refractivity contribution < 1.29 is 9.53 Å². The fourth-order valence-corrected chi connectivity index (χ4v) is 1.80. The summed E-state index contributed by atoms with van der Waals surface area (Å²) in [7, 11) is 0. The van der Waals surface area contributed by atoms with E-state index in [4.69, 9.17) is 4.74 Å². The Balaban J connectivity index is 2.65. The van der Waals surface area contributed by atoms with Crippen LogP contribution in [0.5, 0.6) is 0 Å². The van der Waals surface area contributed by atoms with Gasteiger partial charge < -0.3 is 4.74 Å². The van der Waals surface area contributed by atoms with E-state index < -0.39 is 0 Å². The van der Waals surface area contributed by atoms with Crippen LogP contribution in [0.25, 0.3) is 0 Å². The number of fused-ring (bicyclic) bond motifs is 1. The Morgan fingerprint density at radius 2 is 2.23 bits per heavy atom. The lowest BCUT2D eigenvalue weighted by molar-refractivity contribution is 0.0534. The van der Waals surface area contributed by atoms with Crippen LogP contribution in [0.4, 0.5) is 0 Å². The Labute approximate surface area is 77.5 Å². The third kappa shape index (κ3) is 1.13. The normalized spacial score (nSPS) is 14.2. The Morgan fingerprint density at radius 1 is 1.46 bits per heavy atom. The Kier molecular flexibility index (Phi) is 1.83. The number of rotatable bonds is 1. The van der Waals surface area contributed by atoms with Gasteiger partial charge in [-0.05, 0) is 24.5 Å². The SMILES string of the molecule is CCc1ccc(C)c2c1COC2=O. The molecule has 2 rings (SSSR count). The minimum atomic E-state index is -0.164.